The molecule has 0 bridgehead atoms. The van der Waals surface area contributed by atoms with Gasteiger partial charge < -0.3 is 64.2 Å². The van der Waals surface area contributed by atoms with Crippen molar-refractivity contribution in [2.24, 2.45) is 0 Å². The Labute approximate surface area is 251 Å². The van der Waals surface area contributed by atoms with Crippen molar-refractivity contribution in [3.63, 3.8) is 0 Å². The molecule has 0 aromatic heterocycles. The summed E-state index contributed by atoms with van der Waals surface area (Å²) < 4.78 is 106. The second kappa shape index (κ2) is 15.4. The van der Waals surface area contributed by atoms with Crippen LogP contribution in [0.2, 0.25) is 0 Å². The molecule has 3 fully saturated rings. The lowest BCUT2D eigenvalue weighted by atomic mass is 9.96. The number of aliphatic hydroxyl groups is 7. The summed E-state index contributed by atoms with van der Waals surface area (Å²) in [4.78, 5) is 0. The number of hydrogen-bond acceptors (Lipinski definition) is 19. The van der Waals surface area contributed by atoms with E-state index in [4.69, 9.17) is 37.5 Å². The fourth-order valence-electron chi connectivity index (χ4n) is 4.73. The molecule has 3 rings (SSSR count). The molecule has 260 valence electrons. The molecule has 3 aliphatic rings. The van der Waals surface area contributed by atoms with Crippen LogP contribution in [0, 0.1) is 0 Å². The van der Waals surface area contributed by atoms with Crippen LogP contribution < -0.4 is 0 Å². The summed E-state index contributed by atoms with van der Waals surface area (Å²) in [6, 6.07) is 0. The van der Waals surface area contributed by atoms with Crippen molar-refractivity contribution < 1.29 is 98.5 Å². The van der Waals surface area contributed by atoms with Crippen LogP contribution >= 0.6 is 0 Å². The van der Waals surface area contributed by atoms with Crippen molar-refractivity contribution in [2.45, 2.75) is 112 Å². The highest BCUT2D eigenvalue weighted by Gasteiger charge is 2.55. The largest absolute Gasteiger partial charge is 0.397 e. The van der Waals surface area contributed by atoms with E-state index in [0.717, 1.165) is 0 Å². The minimum absolute atomic E-state index is 0.0382. The van der Waals surface area contributed by atoms with E-state index in [1.807, 2.05) is 0 Å². The molecule has 3 saturated heterocycles. The average Bonchev–Trinajstić information content (AvgIpc) is 2.93. The van der Waals surface area contributed by atoms with Crippen molar-refractivity contribution in [1.82, 2.24) is 0 Å². The third-order valence-corrected chi connectivity index (χ3v) is 7.83. The molecule has 0 aromatic rings. The van der Waals surface area contributed by atoms with Gasteiger partial charge in [0.25, 0.3) is 0 Å². The topological polar surface area (TPSA) is 324 Å². The zero-order valence-corrected chi connectivity index (χ0v) is 24.9. The molecule has 3 heterocycles. The summed E-state index contributed by atoms with van der Waals surface area (Å²) >= 11 is 0. The Kier molecular flexibility index (Phi) is 13.2. The molecule has 0 saturated carbocycles. The molecule has 0 amide bonds. The van der Waals surface area contributed by atoms with Gasteiger partial charge >= 0.3 is 20.8 Å². The van der Waals surface area contributed by atoms with Crippen molar-refractivity contribution >= 4 is 20.8 Å². The highest BCUT2D eigenvalue weighted by Crippen LogP contribution is 2.34. The van der Waals surface area contributed by atoms with E-state index < -0.39 is 126 Å². The fraction of sp³-hybridized carbons (Fsp3) is 1.00. The van der Waals surface area contributed by atoms with Crippen LogP contribution in [0.3, 0.4) is 0 Å². The van der Waals surface area contributed by atoms with Gasteiger partial charge in [0, 0.05) is 6.61 Å². The standard InChI is InChI=1S/C21H38O21S2/c1-3-4-35-19-15(28)18(41-21-14(27)17(42-44(32,33)34)11(24)8(5-22)38-21)16(9(39-19)6-36-43(29,30)31)40-20-13(26)12(25)10(23)7(2)37-20/h7-28H,3-6H2,1-2H3,(H,29,30,31)(H,32,33,34)/t7-,8+,9+,10+,11-,12+,13-,14+,15+,16+,17-,18+,19+,20-,21-/m0/s1. The van der Waals surface area contributed by atoms with Gasteiger partial charge in [-0.3, -0.25) is 9.11 Å². The first-order valence-corrected chi connectivity index (χ1v) is 16.0. The highest BCUT2D eigenvalue weighted by molar-refractivity contribution is 7.81. The summed E-state index contributed by atoms with van der Waals surface area (Å²) in [6.07, 6.45) is -27.2. The van der Waals surface area contributed by atoms with Gasteiger partial charge in [-0.05, 0) is 13.3 Å². The maximum absolute atomic E-state index is 11.4. The molecular weight excluding hydrogens is 652 g/mol. The highest BCUT2D eigenvalue weighted by atomic mass is 32.3. The maximum Gasteiger partial charge on any atom is 0.397 e. The summed E-state index contributed by atoms with van der Waals surface area (Å²) in [5.41, 5.74) is 0. The molecule has 0 spiro atoms. The van der Waals surface area contributed by atoms with E-state index in [1.54, 1.807) is 6.92 Å². The number of rotatable bonds is 13. The van der Waals surface area contributed by atoms with E-state index in [9.17, 15) is 52.6 Å². The van der Waals surface area contributed by atoms with E-state index in [-0.39, 0.29) is 6.61 Å². The SMILES string of the molecule is CCCO[C@@H]1O[C@H](COS(=O)(=O)O)[C@@H](O[C@@H]2O[C@@H](C)[C@@H](O)[C@@H](O)[C@@H]2O)[C@H](O[C@@H]2O[C@H](CO)[C@H](O)[C@H](OS(=O)(=O)O)[C@H]2O)[C@H]1O. The fourth-order valence-corrected chi connectivity index (χ4v) is 5.54. The maximum atomic E-state index is 11.4. The van der Waals surface area contributed by atoms with Gasteiger partial charge in [-0.2, -0.15) is 16.8 Å². The third-order valence-electron chi connectivity index (χ3n) is 6.93. The van der Waals surface area contributed by atoms with Gasteiger partial charge in [-0.25, -0.2) is 8.37 Å². The Morgan fingerprint density at radius 2 is 1.23 bits per heavy atom. The third kappa shape index (κ3) is 9.40. The molecule has 0 aliphatic carbocycles. The summed E-state index contributed by atoms with van der Waals surface area (Å²) in [5.74, 6) is 0. The van der Waals surface area contributed by atoms with Crippen LogP contribution in [0.4, 0.5) is 0 Å². The Morgan fingerprint density at radius 3 is 1.80 bits per heavy atom. The summed E-state index contributed by atoms with van der Waals surface area (Å²) in [6.45, 7) is 0.919. The first kappa shape index (κ1) is 37.7. The Bertz CT molecular complexity index is 1120. The van der Waals surface area contributed by atoms with Crippen molar-refractivity contribution in [1.29, 1.82) is 0 Å². The molecule has 0 radical (unpaired) electrons. The van der Waals surface area contributed by atoms with Crippen LogP contribution in [0.1, 0.15) is 20.3 Å². The predicted molar refractivity (Wildman–Crippen MR) is 135 cm³/mol. The lowest BCUT2D eigenvalue weighted by Crippen LogP contribution is -2.67. The minimum Gasteiger partial charge on any atom is -0.394 e. The predicted octanol–water partition coefficient (Wildman–Crippen LogP) is -5.46. The van der Waals surface area contributed by atoms with Gasteiger partial charge in [0.1, 0.15) is 67.1 Å². The van der Waals surface area contributed by atoms with Gasteiger partial charge in [0.2, 0.25) is 0 Å². The van der Waals surface area contributed by atoms with Gasteiger partial charge in [0.15, 0.2) is 18.9 Å². The first-order valence-electron chi connectivity index (χ1n) is 13.2. The average molecular weight is 691 g/mol. The molecular formula is C21H38O21S2. The Balaban J connectivity index is 2.01. The second-order valence-electron chi connectivity index (χ2n) is 10.2. The van der Waals surface area contributed by atoms with E-state index in [1.165, 1.54) is 6.92 Å². The molecule has 0 unspecified atom stereocenters. The number of hydrogen-bond donors (Lipinski definition) is 9. The molecule has 23 heteroatoms. The zero-order valence-electron chi connectivity index (χ0n) is 23.2. The van der Waals surface area contributed by atoms with Crippen LogP contribution in [-0.4, -0.2) is 174 Å². The van der Waals surface area contributed by atoms with E-state index >= 15 is 0 Å². The Morgan fingerprint density at radius 1 is 0.659 bits per heavy atom. The first-order chi connectivity index (χ1) is 20.4. The Hall–Kier alpha value is -0.780. The molecule has 9 N–H and O–H groups in total. The van der Waals surface area contributed by atoms with E-state index in [0.29, 0.717) is 6.42 Å². The zero-order chi connectivity index (χ0) is 33.1. The van der Waals surface area contributed by atoms with Gasteiger partial charge in [-0.15, -0.1) is 0 Å². The van der Waals surface area contributed by atoms with Crippen LogP contribution in [0.5, 0.6) is 0 Å². The van der Waals surface area contributed by atoms with Crippen molar-refractivity contribution in [3.8, 4) is 0 Å². The second-order valence-corrected chi connectivity index (χ2v) is 12.3. The smallest absolute Gasteiger partial charge is 0.394 e. The normalized spacial score (nSPS) is 44.0. The summed E-state index contributed by atoms with van der Waals surface area (Å²) in [5, 5.41) is 72.7. The van der Waals surface area contributed by atoms with Gasteiger partial charge in [0.05, 0.1) is 19.3 Å². The molecule has 44 heavy (non-hydrogen) atoms. The quantitative estimate of drug-likeness (QED) is 0.0814. The van der Waals surface area contributed by atoms with Crippen LogP contribution in [-0.2, 0) is 57.6 Å². The summed E-state index contributed by atoms with van der Waals surface area (Å²) in [7, 11) is -10.4. The van der Waals surface area contributed by atoms with Crippen LogP contribution in [0.25, 0.3) is 0 Å². The van der Waals surface area contributed by atoms with E-state index in [2.05, 4.69) is 8.37 Å². The number of ether oxygens (including phenoxy) is 6. The molecule has 0 aromatic carbocycles. The monoisotopic (exact) mass is 690 g/mol. The molecule has 15 atom stereocenters. The number of aliphatic hydroxyl groups excluding tert-OH is 7. The van der Waals surface area contributed by atoms with Gasteiger partial charge in [-0.1, -0.05) is 6.92 Å². The lowest BCUT2D eigenvalue weighted by Gasteiger charge is -2.49. The minimum atomic E-state index is -5.30. The van der Waals surface area contributed by atoms with Crippen molar-refractivity contribution in [3.05, 3.63) is 0 Å². The lowest BCUT2D eigenvalue weighted by molar-refractivity contribution is -0.384. The van der Waals surface area contributed by atoms with Crippen LogP contribution in [0.15, 0.2) is 0 Å². The van der Waals surface area contributed by atoms with Crippen molar-refractivity contribution in [2.75, 3.05) is 19.8 Å². The molecule has 21 nitrogen and oxygen atoms in total. The molecule has 3 aliphatic heterocycles.